The third-order valence-corrected chi connectivity index (χ3v) is 5.98. The lowest BCUT2D eigenvalue weighted by atomic mass is 9.83. The zero-order chi connectivity index (χ0) is 17.0. The van der Waals surface area contributed by atoms with Crippen molar-refractivity contribution in [2.45, 2.75) is 44.7 Å². The van der Waals surface area contributed by atoms with Crippen LogP contribution in [0.5, 0.6) is 0 Å². The molecule has 2 unspecified atom stereocenters. The first-order valence-electron chi connectivity index (χ1n) is 9.24. The first-order valence-corrected chi connectivity index (χ1v) is 9.24. The van der Waals surface area contributed by atoms with Gasteiger partial charge in [-0.25, -0.2) is 0 Å². The Morgan fingerprint density at radius 3 is 3.00 bits per heavy atom. The van der Waals surface area contributed by atoms with Crippen LogP contribution in [0.15, 0.2) is 29.2 Å². The van der Waals surface area contributed by atoms with E-state index in [2.05, 4.69) is 5.10 Å². The van der Waals surface area contributed by atoms with Gasteiger partial charge in [0, 0.05) is 43.9 Å². The van der Waals surface area contributed by atoms with E-state index in [1.165, 1.54) is 0 Å². The normalized spacial score (nSPS) is 24.6. The molecule has 2 aromatic rings. The number of hydrogen-bond donors (Lipinski definition) is 0. The molecule has 6 nitrogen and oxygen atoms in total. The topological polar surface area (TPSA) is 60.1 Å². The minimum atomic E-state index is 0.0812. The van der Waals surface area contributed by atoms with E-state index in [4.69, 9.17) is 0 Å². The van der Waals surface area contributed by atoms with Crippen LogP contribution in [0.4, 0.5) is 0 Å². The van der Waals surface area contributed by atoms with E-state index in [0.717, 1.165) is 62.3 Å². The summed E-state index contributed by atoms with van der Waals surface area (Å²) in [4.78, 5) is 27.3. The van der Waals surface area contributed by atoms with Crippen molar-refractivity contribution in [2.75, 3.05) is 13.1 Å². The van der Waals surface area contributed by atoms with Gasteiger partial charge in [-0.05, 0) is 37.7 Å². The molecule has 0 spiro atoms. The molecule has 2 bridgehead atoms. The molecule has 5 rings (SSSR count). The number of hydrogen-bond acceptors (Lipinski definition) is 3. The maximum atomic E-state index is 13.1. The Bertz CT molecular complexity index is 897. The number of amides is 1. The van der Waals surface area contributed by atoms with Crippen molar-refractivity contribution in [1.82, 2.24) is 19.2 Å². The third kappa shape index (κ3) is 2.34. The van der Waals surface area contributed by atoms with Crippen LogP contribution in [0.25, 0.3) is 0 Å². The second-order valence-electron chi connectivity index (χ2n) is 7.59. The van der Waals surface area contributed by atoms with Gasteiger partial charge < -0.3 is 9.47 Å². The number of likely N-dealkylation sites (tertiary alicyclic amines) is 1. The summed E-state index contributed by atoms with van der Waals surface area (Å²) in [6.07, 6.45) is 6.04. The van der Waals surface area contributed by atoms with Crippen molar-refractivity contribution in [3.8, 4) is 0 Å². The fourth-order valence-electron chi connectivity index (χ4n) is 4.83. The van der Waals surface area contributed by atoms with Crippen molar-refractivity contribution in [3.05, 3.63) is 51.7 Å². The van der Waals surface area contributed by atoms with Gasteiger partial charge in [0.2, 0.25) is 0 Å². The fraction of sp³-hybridized carbons (Fsp3) is 0.526. The van der Waals surface area contributed by atoms with Crippen molar-refractivity contribution in [2.24, 2.45) is 5.92 Å². The van der Waals surface area contributed by atoms with Crippen molar-refractivity contribution < 1.29 is 4.79 Å². The van der Waals surface area contributed by atoms with Crippen LogP contribution in [0.3, 0.4) is 0 Å². The van der Waals surface area contributed by atoms with Crippen LogP contribution in [0.2, 0.25) is 0 Å². The lowest BCUT2D eigenvalue weighted by Crippen LogP contribution is -2.49. The van der Waals surface area contributed by atoms with Gasteiger partial charge >= 0.3 is 0 Å². The Balaban J connectivity index is 1.45. The molecular formula is C19H22N4O2. The third-order valence-electron chi connectivity index (χ3n) is 5.98. The molecule has 3 aliphatic heterocycles. The molecular weight excluding hydrogens is 316 g/mol. The first-order chi connectivity index (χ1) is 12.2. The van der Waals surface area contributed by atoms with Crippen LogP contribution in [-0.4, -0.2) is 38.2 Å². The molecule has 130 valence electrons. The number of nitrogens with zero attached hydrogens (tertiary/aromatic N) is 4. The van der Waals surface area contributed by atoms with Crippen LogP contribution < -0.4 is 5.56 Å². The number of piperidine rings is 1. The van der Waals surface area contributed by atoms with Gasteiger partial charge in [0.25, 0.3) is 11.5 Å². The molecule has 1 fully saturated rings. The molecule has 1 saturated heterocycles. The molecule has 6 heteroatoms. The van der Waals surface area contributed by atoms with E-state index in [1.807, 2.05) is 26.3 Å². The van der Waals surface area contributed by atoms with E-state index in [1.54, 1.807) is 12.3 Å². The van der Waals surface area contributed by atoms with Gasteiger partial charge in [-0.1, -0.05) is 6.07 Å². The molecule has 0 aromatic carbocycles. The average molecular weight is 338 g/mol. The van der Waals surface area contributed by atoms with Crippen molar-refractivity contribution in [1.29, 1.82) is 0 Å². The summed E-state index contributed by atoms with van der Waals surface area (Å²) in [7, 11) is 0. The molecule has 0 N–H and O–H groups in total. The number of carbonyl (C=O) groups excluding carboxylic acids is 1. The Labute approximate surface area is 146 Å². The summed E-state index contributed by atoms with van der Waals surface area (Å²) < 4.78 is 3.90. The minimum absolute atomic E-state index is 0.0812. The van der Waals surface area contributed by atoms with E-state index in [-0.39, 0.29) is 17.4 Å². The van der Waals surface area contributed by atoms with Crippen LogP contribution >= 0.6 is 0 Å². The molecule has 5 heterocycles. The highest BCUT2D eigenvalue weighted by atomic mass is 16.2. The van der Waals surface area contributed by atoms with Gasteiger partial charge in [-0.3, -0.25) is 14.3 Å². The zero-order valence-electron chi connectivity index (χ0n) is 14.2. The van der Waals surface area contributed by atoms with Gasteiger partial charge in [0.15, 0.2) is 0 Å². The van der Waals surface area contributed by atoms with E-state index in [0.29, 0.717) is 12.5 Å². The molecule has 1 amide bonds. The Morgan fingerprint density at radius 1 is 1.16 bits per heavy atom. The summed E-state index contributed by atoms with van der Waals surface area (Å²) in [6, 6.07) is 5.51. The number of aryl methyl sites for hydroxylation is 1. The summed E-state index contributed by atoms with van der Waals surface area (Å²) >= 11 is 0. The average Bonchev–Trinajstić information content (AvgIpc) is 3.06. The van der Waals surface area contributed by atoms with Gasteiger partial charge in [-0.2, -0.15) is 5.10 Å². The van der Waals surface area contributed by atoms with Crippen LogP contribution in [-0.2, 0) is 19.5 Å². The highest BCUT2D eigenvalue weighted by Crippen LogP contribution is 2.35. The number of aromatic nitrogens is 3. The lowest BCUT2D eigenvalue weighted by molar-refractivity contribution is 0.0593. The molecule has 3 aliphatic rings. The molecule has 0 radical (unpaired) electrons. The van der Waals surface area contributed by atoms with Crippen molar-refractivity contribution >= 4 is 5.91 Å². The molecule has 2 atom stereocenters. The number of carbonyl (C=O) groups is 1. The van der Waals surface area contributed by atoms with Crippen molar-refractivity contribution in [3.63, 3.8) is 0 Å². The number of rotatable bonds is 1. The molecule has 0 saturated carbocycles. The highest BCUT2D eigenvalue weighted by molar-refractivity contribution is 5.95. The summed E-state index contributed by atoms with van der Waals surface area (Å²) in [6.45, 7) is 3.08. The predicted molar refractivity (Wildman–Crippen MR) is 92.6 cm³/mol. The predicted octanol–water partition coefficient (Wildman–Crippen LogP) is 1.64. The largest absolute Gasteiger partial charge is 0.338 e. The summed E-state index contributed by atoms with van der Waals surface area (Å²) in [5, 5.41) is 4.42. The van der Waals surface area contributed by atoms with Crippen LogP contribution in [0, 0.1) is 5.92 Å². The summed E-state index contributed by atoms with van der Waals surface area (Å²) in [5.74, 6) is 0.739. The van der Waals surface area contributed by atoms with Gasteiger partial charge in [0.1, 0.15) is 0 Å². The molecule has 25 heavy (non-hydrogen) atoms. The maximum absolute atomic E-state index is 13.1. The van der Waals surface area contributed by atoms with Gasteiger partial charge in [-0.15, -0.1) is 0 Å². The Hall–Kier alpha value is -2.37. The van der Waals surface area contributed by atoms with E-state index < -0.39 is 0 Å². The minimum Gasteiger partial charge on any atom is -0.338 e. The van der Waals surface area contributed by atoms with E-state index in [9.17, 15) is 9.59 Å². The molecule has 2 aromatic heterocycles. The van der Waals surface area contributed by atoms with E-state index >= 15 is 0 Å². The Morgan fingerprint density at radius 2 is 2.08 bits per heavy atom. The smallest absolute Gasteiger partial charge is 0.257 e. The second kappa shape index (κ2) is 5.58. The standard InChI is InChI=1S/C19H22N4O2/c24-18-6-3-5-16-14-8-13(11-22(16)18)10-21(12-14)19(25)15-9-20-23-7-2-1-4-17(15)23/h3,5-6,9,13-14H,1-2,4,7-8,10-12H2. The number of fused-ring (bicyclic) bond motifs is 5. The number of pyridine rings is 1. The SMILES string of the molecule is O=C(c1cnn2c1CCCC2)N1CC2CC(C1)c1cccc(=O)n1C2. The maximum Gasteiger partial charge on any atom is 0.257 e. The zero-order valence-corrected chi connectivity index (χ0v) is 14.2. The van der Waals surface area contributed by atoms with Crippen LogP contribution in [0.1, 0.15) is 46.9 Å². The quantitative estimate of drug-likeness (QED) is 0.794. The Kier molecular flexibility index (Phi) is 3.33. The molecule has 0 aliphatic carbocycles. The fourth-order valence-corrected chi connectivity index (χ4v) is 4.83. The highest BCUT2D eigenvalue weighted by Gasteiger charge is 2.37. The monoisotopic (exact) mass is 338 g/mol. The first kappa shape index (κ1) is 14.9. The lowest BCUT2D eigenvalue weighted by Gasteiger charge is -2.42. The van der Waals surface area contributed by atoms with Gasteiger partial charge in [0.05, 0.1) is 17.5 Å². The summed E-state index contributed by atoms with van der Waals surface area (Å²) in [5.41, 5.74) is 3.05. The second-order valence-corrected chi connectivity index (χ2v) is 7.59.